The van der Waals surface area contributed by atoms with E-state index in [9.17, 15) is 8.42 Å². The van der Waals surface area contributed by atoms with E-state index in [0.29, 0.717) is 13.0 Å². The smallest absolute Gasteiger partial charge is 0.399 e. The van der Waals surface area contributed by atoms with Crippen LogP contribution in [0.3, 0.4) is 0 Å². The molecule has 8 nitrogen and oxygen atoms in total. The summed E-state index contributed by atoms with van der Waals surface area (Å²) in [5, 5.41) is 0.261. The molecule has 1 saturated heterocycles. The van der Waals surface area contributed by atoms with Crippen molar-refractivity contribution in [3.8, 4) is 0 Å². The Kier molecular flexibility index (Phi) is 4.78. The van der Waals surface area contributed by atoms with Crippen molar-refractivity contribution >= 4 is 39.5 Å². The average molecular weight is 422 g/mol. The summed E-state index contributed by atoms with van der Waals surface area (Å²) in [6.45, 7) is 8.76. The number of anilines is 1. The molecule has 1 fully saturated rings. The van der Waals surface area contributed by atoms with Gasteiger partial charge in [0.2, 0.25) is 5.13 Å². The molecule has 2 aliphatic heterocycles. The molecule has 1 aromatic carbocycles. The minimum absolute atomic E-state index is 0.261. The Hall–Kier alpha value is -1.53. The van der Waals surface area contributed by atoms with Gasteiger partial charge in [-0.15, -0.1) is 0 Å². The molecule has 0 aliphatic carbocycles. The van der Waals surface area contributed by atoms with Crippen LogP contribution in [0.4, 0.5) is 5.13 Å². The van der Waals surface area contributed by atoms with Crippen molar-refractivity contribution in [3.05, 3.63) is 35.7 Å². The number of fused-ring (bicyclic) bond motifs is 1. The fraction of sp³-hybridized carbons (Fsp3) is 0.529. The van der Waals surface area contributed by atoms with Crippen molar-refractivity contribution in [3.63, 3.8) is 0 Å². The van der Waals surface area contributed by atoms with Crippen molar-refractivity contribution in [1.82, 2.24) is 13.7 Å². The minimum Gasteiger partial charge on any atom is -0.399 e. The van der Waals surface area contributed by atoms with Gasteiger partial charge >= 0.3 is 17.3 Å². The predicted molar refractivity (Wildman–Crippen MR) is 109 cm³/mol. The van der Waals surface area contributed by atoms with E-state index in [4.69, 9.17) is 9.31 Å². The molecule has 0 saturated carbocycles. The van der Waals surface area contributed by atoms with Crippen LogP contribution in [0.1, 0.15) is 38.8 Å². The Morgan fingerprint density at radius 3 is 2.57 bits per heavy atom. The third-order valence-electron chi connectivity index (χ3n) is 5.69. The highest BCUT2D eigenvalue weighted by molar-refractivity contribution is 7.90. The molecule has 0 unspecified atom stereocenters. The summed E-state index contributed by atoms with van der Waals surface area (Å²) in [6.07, 6.45) is 1.91. The van der Waals surface area contributed by atoms with Crippen LogP contribution in [-0.4, -0.2) is 46.9 Å². The van der Waals surface area contributed by atoms with E-state index >= 15 is 0 Å². The van der Waals surface area contributed by atoms with Crippen molar-refractivity contribution in [2.45, 2.75) is 51.9 Å². The topological polar surface area (TPSA) is 93.7 Å². The standard InChI is InChI=1S/C17H23BN4O4S2/c1-16(2)17(3,4)26-18(25-16)14-7-5-6-12-10-22(9-8-13(12)14)28(23,24)21-15-19-11-20-27-15/h5-7,11H,8-10H2,1-4H3,(H,19,20,21). The Bertz CT molecular complexity index is 963. The lowest BCUT2D eigenvalue weighted by atomic mass is 9.73. The number of nitrogens with zero attached hydrogens (tertiary/aromatic N) is 3. The monoisotopic (exact) mass is 422 g/mol. The molecule has 11 heteroatoms. The van der Waals surface area contributed by atoms with Crippen LogP contribution in [0.25, 0.3) is 0 Å². The molecule has 0 atom stereocenters. The second kappa shape index (κ2) is 6.77. The first-order valence-corrected chi connectivity index (χ1v) is 11.3. The molecule has 1 aromatic heterocycles. The van der Waals surface area contributed by atoms with Gasteiger partial charge in [-0.1, -0.05) is 18.2 Å². The lowest BCUT2D eigenvalue weighted by molar-refractivity contribution is 0.00578. The molecule has 150 valence electrons. The number of aromatic nitrogens is 2. The van der Waals surface area contributed by atoms with Crippen molar-refractivity contribution in [2.24, 2.45) is 0 Å². The summed E-state index contributed by atoms with van der Waals surface area (Å²) in [5.41, 5.74) is 2.20. The Morgan fingerprint density at radius 2 is 1.93 bits per heavy atom. The molecule has 2 aliphatic rings. The minimum atomic E-state index is -3.69. The Labute approximate surface area is 169 Å². The molecule has 0 bridgehead atoms. The van der Waals surface area contributed by atoms with Crippen LogP contribution >= 0.6 is 11.5 Å². The van der Waals surface area contributed by atoms with Gasteiger partial charge < -0.3 is 9.31 Å². The van der Waals surface area contributed by atoms with Gasteiger partial charge in [-0.25, -0.2) is 9.71 Å². The fourth-order valence-electron chi connectivity index (χ4n) is 3.40. The summed E-state index contributed by atoms with van der Waals surface area (Å²) in [4.78, 5) is 3.89. The van der Waals surface area contributed by atoms with Gasteiger partial charge in [0.25, 0.3) is 0 Å². The molecule has 0 spiro atoms. The lowest BCUT2D eigenvalue weighted by Gasteiger charge is -2.32. The van der Waals surface area contributed by atoms with E-state index in [-0.39, 0.29) is 11.7 Å². The number of hydrogen-bond donors (Lipinski definition) is 1. The van der Waals surface area contributed by atoms with Crippen molar-refractivity contribution in [1.29, 1.82) is 0 Å². The van der Waals surface area contributed by atoms with Gasteiger partial charge in [0.05, 0.1) is 11.2 Å². The molecule has 4 rings (SSSR count). The highest BCUT2D eigenvalue weighted by Crippen LogP contribution is 2.37. The largest absolute Gasteiger partial charge is 0.495 e. The van der Waals surface area contributed by atoms with Crippen molar-refractivity contribution in [2.75, 3.05) is 11.3 Å². The quantitative estimate of drug-likeness (QED) is 0.752. The third-order valence-corrected chi connectivity index (χ3v) is 7.84. The SMILES string of the molecule is CC1(C)OB(c2cccc3c2CCN(S(=O)(=O)Nc2ncns2)C3)OC1(C)C. The summed E-state index contributed by atoms with van der Waals surface area (Å²) >= 11 is 1.01. The Morgan fingerprint density at radius 1 is 1.21 bits per heavy atom. The number of benzene rings is 1. The molecule has 0 radical (unpaired) electrons. The summed E-state index contributed by atoms with van der Waals surface area (Å²) < 4.78 is 45.5. The first kappa shape index (κ1) is 19.8. The second-order valence-electron chi connectivity index (χ2n) is 8.01. The van der Waals surface area contributed by atoms with E-state index in [2.05, 4.69) is 14.1 Å². The van der Waals surface area contributed by atoms with E-state index in [1.165, 1.54) is 10.6 Å². The third kappa shape index (κ3) is 3.46. The zero-order chi connectivity index (χ0) is 20.2. The van der Waals surface area contributed by atoms with E-state index in [1.54, 1.807) is 0 Å². The van der Waals surface area contributed by atoms with Crippen LogP contribution in [0.15, 0.2) is 24.5 Å². The van der Waals surface area contributed by atoms with E-state index in [1.807, 2.05) is 45.9 Å². The summed E-state index contributed by atoms with van der Waals surface area (Å²) in [7, 11) is -4.15. The van der Waals surface area contributed by atoms with Crippen molar-refractivity contribution < 1.29 is 17.7 Å². The number of rotatable bonds is 4. The first-order valence-electron chi connectivity index (χ1n) is 9.10. The van der Waals surface area contributed by atoms with E-state index in [0.717, 1.165) is 28.1 Å². The maximum Gasteiger partial charge on any atom is 0.495 e. The van der Waals surface area contributed by atoms with Gasteiger partial charge in [-0.2, -0.15) is 17.1 Å². The molecular formula is C17H23BN4O4S2. The maximum atomic E-state index is 12.7. The highest BCUT2D eigenvalue weighted by Gasteiger charge is 2.52. The molecular weight excluding hydrogens is 399 g/mol. The van der Waals surface area contributed by atoms with Gasteiger partial charge in [-0.05, 0) is 50.7 Å². The number of hydrogen-bond acceptors (Lipinski definition) is 7. The van der Waals surface area contributed by atoms with Crippen LogP contribution in [0.5, 0.6) is 0 Å². The van der Waals surface area contributed by atoms with Crippen LogP contribution < -0.4 is 10.2 Å². The zero-order valence-corrected chi connectivity index (χ0v) is 17.9. The van der Waals surface area contributed by atoms with Gasteiger partial charge in [0.1, 0.15) is 6.33 Å². The first-order chi connectivity index (χ1) is 13.1. The summed E-state index contributed by atoms with van der Waals surface area (Å²) in [6, 6.07) is 5.88. The molecule has 28 heavy (non-hydrogen) atoms. The average Bonchev–Trinajstić information content (AvgIpc) is 3.19. The molecule has 2 aromatic rings. The summed E-state index contributed by atoms with van der Waals surface area (Å²) in [5.74, 6) is 0. The Balaban J connectivity index is 1.57. The van der Waals surface area contributed by atoms with Crippen LogP contribution in [0, 0.1) is 0 Å². The lowest BCUT2D eigenvalue weighted by Crippen LogP contribution is -2.44. The van der Waals surface area contributed by atoms with Gasteiger partial charge in [0.15, 0.2) is 0 Å². The normalized spacial score (nSPS) is 21.5. The predicted octanol–water partition coefficient (Wildman–Crippen LogP) is 1.55. The van der Waals surface area contributed by atoms with Gasteiger partial charge in [-0.3, -0.25) is 0 Å². The fourth-order valence-corrected chi connectivity index (χ4v) is 5.20. The molecule has 3 heterocycles. The zero-order valence-electron chi connectivity index (χ0n) is 16.3. The maximum absolute atomic E-state index is 12.7. The van der Waals surface area contributed by atoms with Crippen LogP contribution in [0.2, 0.25) is 0 Å². The number of nitrogens with one attached hydrogen (secondary N) is 1. The van der Waals surface area contributed by atoms with E-state index < -0.39 is 28.5 Å². The second-order valence-corrected chi connectivity index (χ2v) is 10.5. The van der Waals surface area contributed by atoms with Crippen LogP contribution in [-0.2, 0) is 32.5 Å². The highest BCUT2D eigenvalue weighted by atomic mass is 32.2. The molecule has 0 amide bonds. The molecule has 1 N–H and O–H groups in total. The van der Waals surface area contributed by atoms with Gasteiger partial charge in [0, 0.05) is 24.6 Å².